The van der Waals surface area contributed by atoms with Crippen LogP contribution in [0.3, 0.4) is 0 Å². The molecule has 0 aliphatic heterocycles. The first-order valence-corrected chi connectivity index (χ1v) is 9.69. The van der Waals surface area contributed by atoms with Gasteiger partial charge in [0.05, 0.1) is 23.7 Å². The van der Waals surface area contributed by atoms with Crippen molar-refractivity contribution in [3.8, 4) is 17.2 Å². The topological polar surface area (TPSA) is 120 Å². The molecular weight excluding hydrogens is 416 g/mol. The Bertz CT molecular complexity index is 1070. The van der Waals surface area contributed by atoms with Gasteiger partial charge in [-0.25, -0.2) is 0 Å². The van der Waals surface area contributed by atoms with E-state index in [-0.39, 0.29) is 30.6 Å². The predicted molar refractivity (Wildman–Crippen MR) is 117 cm³/mol. The van der Waals surface area contributed by atoms with Crippen molar-refractivity contribution in [3.63, 3.8) is 0 Å². The molecule has 0 aliphatic rings. The van der Waals surface area contributed by atoms with E-state index in [0.29, 0.717) is 22.7 Å². The fourth-order valence-electron chi connectivity index (χ4n) is 2.78. The molecule has 2 N–H and O–H groups in total. The first-order chi connectivity index (χ1) is 15.5. The van der Waals surface area contributed by atoms with E-state index >= 15 is 0 Å². The summed E-state index contributed by atoms with van der Waals surface area (Å²) in [5.74, 6) is 0.958. The van der Waals surface area contributed by atoms with Gasteiger partial charge in [0, 0.05) is 11.8 Å². The number of nitro groups is 1. The van der Waals surface area contributed by atoms with Crippen LogP contribution < -0.4 is 19.5 Å². The predicted octanol–water partition coefficient (Wildman–Crippen LogP) is 3.67. The number of carbonyl (C=O) groups excluding carboxylic acids is 1. The van der Waals surface area contributed by atoms with Gasteiger partial charge in [0.15, 0.2) is 0 Å². The second-order valence-corrected chi connectivity index (χ2v) is 6.71. The zero-order valence-electron chi connectivity index (χ0n) is 17.3. The first-order valence-electron chi connectivity index (χ1n) is 9.69. The van der Waals surface area contributed by atoms with E-state index in [4.69, 9.17) is 14.2 Å². The normalized spacial score (nSPS) is 11.3. The highest BCUT2D eigenvalue weighted by Gasteiger charge is 2.12. The Morgan fingerprint density at radius 3 is 2.38 bits per heavy atom. The summed E-state index contributed by atoms with van der Waals surface area (Å²) in [6, 6.07) is 19.3. The van der Waals surface area contributed by atoms with Crippen molar-refractivity contribution in [1.82, 2.24) is 0 Å². The summed E-state index contributed by atoms with van der Waals surface area (Å²) < 4.78 is 16.1. The van der Waals surface area contributed by atoms with Crippen LogP contribution in [0.4, 0.5) is 11.4 Å². The molecule has 9 heteroatoms. The third kappa shape index (κ3) is 6.19. The van der Waals surface area contributed by atoms with Gasteiger partial charge in [0.1, 0.15) is 36.6 Å². The summed E-state index contributed by atoms with van der Waals surface area (Å²) in [6.07, 6.45) is -0.945. The van der Waals surface area contributed by atoms with Gasteiger partial charge in [0.25, 0.3) is 11.6 Å². The lowest BCUT2D eigenvalue weighted by Gasteiger charge is -2.14. The summed E-state index contributed by atoms with van der Waals surface area (Å²) in [5, 5.41) is 23.6. The Balaban J connectivity index is 1.47. The number of amides is 1. The van der Waals surface area contributed by atoms with Crippen LogP contribution in [-0.4, -0.2) is 42.4 Å². The van der Waals surface area contributed by atoms with E-state index in [1.54, 1.807) is 54.6 Å². The number of nitrogens with one attached hydrogen (secondary N) is 1. The molecule has 3 rings (SSSR count). The van der Waals surface area contributed by atoms with Gasteiger partial charge < -0.3 is 24.6 Å². The summed E-state index contributed by atoms with van der Waals surface area (Å²) >= 11 is 0. The molecule has 0 aliphatic carbocycles. The van der Waals surface area contributed by atoms with E-state index in [1.807, 2.05) is 0 Å². The monoisotopic (exact) mass is 438 g/mol. The molecule has 1 atom stereocenters. The molecule has 1 amide bonds. The molecule has 0 radical (unpaired) electrons. The molecule has 0 saturated carbocycles. The van der Waals surface area contributed by atoms with Crippen LogP contribution in [0.5, 0.6) is 17.2 Å². The van der Waals surface area contributed by atoms with Crippen LogP contribution in [0.1, 0.15) is 10.4 Å². The lowest BCUT2D eigenvalue weighted by Crippen LogP contribution is -2.25. The summed E-state index contributed by atoms with van der Waals surface area (Å²) in [5.41, 5.74) is 0.899. The second-order valence-electron chi connectivity index (χ2n) is 6.71. The highest BCUT2D eigenvalue weighted by Crippen LogP contribution is 2.21. The van der Waals surface area contributed by atoms with Gasteiger partial charge in [-0.2, -0.15) is 0 Å². The quantitative estimate of drug-likeness (QED) is 0.366. The summed E-state index contributed by atoms with van der Waals surface area (Å²) in [4.78, 5) is 22.7. The minimum Gasteiger partial charge on any atom is -0.496 e. The van der Waals surface area contributed by atoms with Crippen molar-refractivity contribution in [2.24, 2.45) is 0 Å². The average Bonchev–Trinajstić information content (AvgIpc) is 2.82. The van der Waals surface area contributed by atoms with Gasteiger partial charge in [-0.05, 0) is 42.5 Å². The Morgan fingerprint density at radius 2 is 1.69 bits per heavy atom. The number of rotatable bonds is 10. The SMILES string of the molecule is COc1ccccc1C(=O)Nc1ccc(OCC(O)COc2cccc([N+](=O)[O-])c2)cc1. The number of nitro benzene ring substituents is 1. The molecule has 3 aromatic rings. The van der Waals surface area contributed by atoms with Crippen molar-refractivity contribution in [1.29, 1.82) is 0 Å². The highest BCUT2D eigenvalue weighted by molar-refractivity contribution is 6.06. The van der Waals surface area contributed by atoms with E-state index in [1.165, 1.54) is 25.3 Å². The van der Waals surface area contributed by atoms with Crippen LogP contribution in [-0.2, 0) is 0 Å². The molecule has 1 unspecified atom stereocenters. The Morgan fingerprint density at radius 1 is 1.00 bits per heavy atom. The number of hydrogen-bond donors (Lipinski definition) is 2. The van der Waals surface area contributed by atoms with Crippen molar-refractivity contribution < 1.29 is 29.0 Å². The zero-order valence-corrected chi connectivity index (χ0v) is 17.3. The minimum absolute atomic E-state index is 0.0398. The Hall–Kier alpha value is -4.11. The Kier molecular flexibility index (Phi) is 7.60. The molecule has 9 nitrogen and oxygen atoms in total. The number of aliphatic hydroxyl groups excluding tert-OH is 1. The van der Waals surface area contributed by atoms with E-state index < -0.39 is 11.0 Å². The summed E-state index contributed by atoms with van der Waals surface area (Å²) in [7, 11) is 1.50. The molecule has 166 valence electrons. The van der Waals surface area contributed by atoms with Crippen molar-refractivity contribution >= 4 is 17.3 Å². The number of methoxy groups -OCH3 is 1. The molecule has 3 aromatic carbocycles. The number of nitrogens with zero attached hydrogens (tertiary/aromatic N) is 1. The van der Waals surface area contributed by atoms with E-state index in [9.17, 15) is 20.0 Å². The second kappa shape index (κ2) is 10.8. The maximum absolute atomic E-state index is 12.4. The van der Waals surface area contributed by atoms with Crippen LogP contribution in [0.2, 0.25) is 0 Å². The van der Waals surface area contributed by atoms with E-state index in [0.717, 1.165) is 0 Å². The van der Waals surface area contributed by atoms with Gasteiger partial charge >= 0.3 is 0 Å². The van der Waals surface area contributed by atoms with Crippen molar-refractivity contribution in [2.75, 3.05) is 25.6 Å². The number of carbonyl (C=O) groups is 1. The van der Waals surface area contributed by atoms with Crippen LogP contribution in [0.15, 0.2) is 72.8 Å². The molecule has 0 bridgehead atoms. The van der Waals surface area contributed by atoms with Crippen LogP contribution in [0.25, 0.3) is 0 Å². The largest absolute Gasteiger partial charge is 0.496 e. The molecule has 0 aromatic heterocycles. The van der Waals surface area contributed by atoms with Crippen LogP contribution in [0, 0.1) is 10.1 Å². The number of non-ortho nitro benzene ring substituents is 1. The van der Waals surface area contributed by atoms with Gasteiger partial charge in [-0.1, -0.05) is 18.2 Å². The standard InChI is InChI=1S/C23H22N2O7/c1-30-22-8-3-2-7-21(22)23(27)24-16-9-11-19(12-10-16)31-14-18(26)15-32-20-6-4-5-17(13-20)25(28)29/h2-13,18,26H,14-15H2,1H3,(H,24,27). The number of benzene rings is 3. The first kappa shape index (κ1) is 22.6. The lowest BCUT2D eigenvalue weighted by molar-refractivity contribution is -0.384. The smallest absolute Gasteiger partial charge is 0.273 e. The van der Waals surface area contributed by atoms with Crippen LogP contribution >= 0.6 is 0 Å². The maximum Gasteiger partial charge on any atom is 0.273 e. The lowest BCUT2D eigenvalue weighted by atomic mass is 10.2. The number of hydrogen-bond acceptors (Lipinski definition) is 7. The third-order valence-corrected chi connectivity index (χ3v) is 4.38. The van der Waals surface area contributed by atoms with Crippen molar-refractivity contribution in [2.45, 2.75) is 6.10 Å². The Labute approximate surface area is 184 Å². The number of anilines is 1. The molecule has 0 spiro atoms. The van der Waals surface area contributed by atoms with Gasteiger partial charge in [0.2, 0.25) is 0 Å². The zero-order chi connectivity index (χ0) is 22.9. The number of ether oxygens (including phenoxy) is 3. The molecule has 0 fully saturated rings. The number of aliphatic hydroxyl groups is 1. The fraction of sp³-hybridized carbons (Fsp3) is 0.174. The van der Waals surface area contributed by atoms with Gasteiger partial charge in [-0.15, -0.1) is 0 Å². The molecule has 32 heavy (non-hydrogen) atoms. The van der Waals surface area contributed by atoms with Gasteiger partial charge in [-0.3, -0.25) is 14.9 Å². The maximum atomic E-state index is 12.4. The average molecular weight is 438 g/mol. The molecular formula is C23H22N2O7. The molecule has 0 heterocycles. The minimum atomic E-state index is -0.945. The van der Waals surface area contributed by atoms with Crippen molar-refractivity contribution in [3.05, 3.63) is 88.5 Å². The number of para-hydroxylation sites is 1. The third-order valence-electron chi connectivity index (χ3n) is 4.38. The molecule has 0 saturated heterocycles. The highest BCUT2D eigenvalue weighted by atomic mass is 16.6. The van der Waals surface area contributed by atoms with E-state index in [2.05, 4.69) is 5.32 Å². The fourth-order valence-corrected chi connectivity index (χ4v) is 2.78. The summed E-state index contributed by atoms with van der Waals surface area (Å²) in [6.45, 7) is -0.129.